The highest BCUT2D eigenvalue weighted by molar-refractivity contribution is 9.10. The second kappa shape index (κ2) is 9.50. The maximum Gasteiger partial charge on any atom is 0.272 e. The Kier molecular flexibility index (Phi) is 6.76. The van der Waals surface area contributed by atoms with E-state index in [9.17, 15) is 4.79 Å². The van der Waals surface area contributed by atoms with Crippen molar-refractivity contribution in [3.63, 3.8) is 0 Å². The molecule has 1 aliphatic rings. The Morgan fingerprint density at radius 3 is 2.73 bits per heavy atom. The van der Waals surface area contributed by atoms with E-state index in [0.29, 0.717) is 32.1 Å². The quantitative estimate of drug-likeness (QED) is 0.393. The van der Waals surface area contributed by atoms with E-state index in [-0.39, 0.29) is 12.5 Å². The van der Waals surface area contributed by atoms with Gasteiger partial charge in [-0.05, 0) is 58.6 Å². The molecule has 2 aromatic heterocycles. The monoisotopic (exact) mass is 506 g/mol. The molecule has 0 spiro atoms. The van der Waals surface area contributed by atoms with Crippen molar-refractivity contribution in [1.82, 2.24) is 15.3 Å². The van der Waals surface area contributed by atoms with Crippen LogP contribution in [-0.4, -0.2) is 21.9 Å². The maximum absolute atomic E-state index is 13.1. The SMILES string of the molecule is O=C(NCc1ccc(Cl)cc1Cl)c1nc(Br)c2cccnc2c1NC1CCCCC1. The molecule has 0 atom stereocenters. The van der Waals surface area contributed by atoms with Gasteiger partial charge in [-0.2, -0.15) is 0 Å². The summed E-state index contributed by atoms with van der Waals surface area (Å²) in [6.45, 7) is 0.275. The van der Waals surface area contributed by atoms with Gasteiger partial charge in [0.1, 0.15) is 4.60 Å². The number of rotatable bonds is 5. The van der Waals surface area contributed by atoms with Gasteiger partial charge in [-0.3, -0.25) is 9.78 Å². The first-order valence-corrected chi connectivity index (χ1v) is 11.5. The number of hydrogen-bond donors (Lipinski definition) is 2. The number of amides is 1. The summed E-state index contributed by atoms with van der Waals surface area (Å²) in [6, 6.07) is 9.33. The lowest BCUT2D eigenvalue weighted by molar-refractivity contribution is 0.0946. The average molecular weight is 508 g/mol. The molecule has 1 amide bonds. The number of pyridine rings is 2. The third-order valence-electron chi connectivity index (χ3n) is 5.34. The molecule has 1 aromatic carbocycles. The van der Waals surface area contributed by atoms with Gasteiger partial charge < -0.3 is 10.6 Å². The van der Waals surface area contributed by atoms with Crippen LogP contribution in [-0.2, 0) is 6.54 Å². The largest absolute Gasteiger partial charge is 0.379 e. The second-order valence-corrected chi connectivity index (χ2v) is 9.02. The molecule has 30 heavy (non-hydrogen) atoms. The van der Waals surface area contributed by atoms with Crippen LogP contribution >= 0.6 is 39.1 Å². The minimum Gasteiger partial charge on any atom is -0.379 e. The van der Waals surface area contributed by atoms with Gasteiger partial charge in [-0.25, -0.2) is 4.98 Å². The zero-order valence-corrected chi connectivity index (χ0v) is 19.3. The molecule has 5 nitrogen and oxygen atoms in total. The summed E-state index contributed by atoms with van der Waals surface area (Å²) >= 11 is 15.7. The molecule has 0 aliphatic heterocycles. The van der Waals surface area contributed by atoms with Crippen molar-refractivity contribution in [1.29, 1.82) is 0 Å². The molecule has 8 heteroatoms. The molecule has 2 heterocycles. The lowest BCUT2D eigenvalue weighted by Crippen LogP contribution is -2.28. The number of hydrogen-bond acceptors (Lipinski definition) is 4. The van der Waals surface area contributed by atoms with E-state index in [2.05, 4.69) is 36.5 Å². The summed E-state index contributed by atoms with van der Waals surface area (Å²) in [4.78, 5) is 22.2. The van der Waals surface area contributed by atoms with Crippen LogP contribution in [0.15, 0.2) is 41.1 Å². The lowest BCUT2D eigenvalue weighted by atomic mass is 9.95. The van der Waals surface area contributed by atoms with Gasteiger partial charge in [0.05, 0.1) is 11.2 Å². The lowest BCUT2D eigenvalue weighted by Gasteiger charge is -2.25. The fraction of sp³-hybridized carbons (Fsp3) is 0.318. The zero-order valence-electron chi connectivity index (χ0n) is 16.2. The molecule has 1 aliphatic carbocycles. The number of halogens is 3. The predicted octanol–water partition coefficient (Wildman–Crippen LogP) is 6.37. The Morgan fingerprint density at radius 1 is 1.17 bits per heavy atom. The van der Waals surface area contributed by atoms with Crippen molar-refractivity contribution < 1.29 is 4.79 Å². The Balaban J connectivity index is 1.65. The van der Waals surface area contributed by atoms with Crippen molar-refractivity contribution in [2.75, 3.05) is 5.32 Å². The summed E-state index contributed by atoms with van der Waals surface area (Å²) < 4.78 is 0.592. The number of fused-ring (bicyclic) bond motifs is 1. The van der Waals surface area contributed by atoms with Crippen molar-refractivity contribution >= 4 is 61.6 Å². The van der Waals surface area contributed by atoms with E-state index in [1.54, 1.807) is 24.4 Å². The van der Waals surface area contributed by atoms with E-state index >= 15 is 0 Å². The third-order valence-corrected chi connectivity index (χ3v) is 6.53. The van der Waals surface area contributed by atoms with Crippen molar-refractivity contribution in [3.8, 4) is 0 Å². The van der Waals surface area contributed by atoms with Gasteiger partial charge in [0.25, 0.3) is 5.91 Å². The molecular formula is C22H21BrCl2N4O. The van der Waals surface area contributed by atoms with Gasteiger partial charge in [0.15, 0.2) is 5.69 Å². The molecule has 156 valence electrons. The fourth-order valence-corrected chi connectivity index (χ4v) is 4.75. The fourth-order valence-electron chi connectivity index (χ4n) is 3.77. The summed E-state index contributed by atoms with van der Waals surface area (Å²) in [5.41, 5.74) is 2.53. The number of carbonyl (C=O) groups excluding carboxylic acids is 1. The van der Waals surface area contributed by atoms with Gasteiger partial charge >= 0.3 is 0 Å². The second-order valence-electron chi connectivity index (χ2n) is 7.42. The topological polar surface area (TPSA) is 66.9 Å². The Bertz CT molecular complexity index is 1090. The van der Waals surface area contributed by atoms with Crippen molar-refractivity contribution in [2.24, 2.45) is 0 Å². The smallest absolute Gasteiger partial charge is 0.272 e. The highest BCUT2D eigenvalue weighted by Crippen LogP contribution is 2.32. The first-order chi connectivity index (χ1) is 14.5. The standard InChI is InChI=1S/C22H21BrCl2N4O/c23-21-16-7-4-10-26-18(16)19(28-15-5-2-1-3-6-15)20(29-21)22(30)27-12-13-8-9-14(24)11-17(13)25/h4,7-11,15,28H,1-3,5-6,12H2,(H,27,30). The minimum absolute atomic E-state index is 0.275. The van der Waals surface area contributed by atoms with E-state index in [1.807, 2.05) is 12.1 Å². The van der Waals surface area contributed by atoms with Gasteiger partial charge in [-0.15, -0.1) is 0 Å². The zero-order chi connectivity index (χ0) is 21.1. The minimum atomic E-state index is -0.285. The molecule has 1 fully saturated rings. The van der Waals surface area contributed by atoms with Crippen LogP contribution in [0.1, 0.15) is 48.2 Å². The predicted molar refractivity (Wildman–Crippen MR) is 125 cm³/mol. The van der Waals surface area contributed by atoms with E-state index in [1.165, 1.54) is 19.3 Å². The number of carbonyl (C=O) groups is 1. The number of nitrogens with zero attached hydrogens (tertiary/aromatic N) is 2. The number of nitrogens with one attached hydrogen (secondary N) is 2. The average Bonchev–Trinajstić information content (AvgIpc) is 2.75. The molecule has 1 saturated carbocycles. The van der Waals surface area contributed by atoms with Gasteiger partial charge in [-0.1, -0.05) is 48.5 Å². The van der Waals surface area contributed by atoms with Crippen LogP contribution < -0.4 is 10.6 Å². The Morgan fingerprint density at radius 2 is 1.97 bits per heavy atom. The Hall–Kier alpha value is -1.89. The number of anilines is 1. The van der Waals surface area contributed by atoms with E-state index in [0.717, 1.165) is 29.3 Å². The summed E-state index contributed by atoms with van der Waals surface area (Å²) in [6.07, 6.45) is 7.51. The van der Waals surface area contributed by atoms with E-state index < -0.39 is 0 Å². The van der Waals surface area contributed by atoms with Gasteiger partial charge in [0.2, 0.25) is 0 Å². The van der Waals surface area contributed by atoms with E-state index in [4.69, 9.17) is 23.2 Å². The maximum atomic E-state index is 13.1. The number of aromatic nitrogens is 2. The molecule has 0 radical (unpaired) electrons. The molecule has 4 rings (SSSR count). The first-order valence-electron chi connectivity index (χ1n) is 9.96. The third kappa shape index (κ3) is 4.71. The van der Waals surface area contributed by atoms with Crippen molar-refractivity contribution in [3.05, 3.63) is 62.4 Å². The summed E-state index contributed by atoms with van der Waals surface area (Å²) in [5.74, 6) is -0.285. The van der Waals surface area contributed by atoms with Crippen LogP contribution in [0.2, 0.25) is 10.0 Å². The molecule has 0 bridgehead atoms. The molecule has 2 N–H and O–H groups in total. The van der Waals surface area contributed by atoms with Crippen LogP contribution in [0.5, 0.6) is 0 Å². The first kappa shape index (κ1) is 21.3. The van der Waals surface area contributed by atoms with Crippen LogP contribution in [0, 0.1) is 0 Å². The highest BCUT2D eigenvalue weighted by Gasteiger charge is 2.23. The molecule has 0 unspecified atom stereocenters. The van der Waals surface area contributed by atoms with Crippen LogP contribution in [0.4, 0.5) is 5.69 Å². The van der Waals surface area contributed by atoms with Crippen LogP contribution in [0.3, 0.4) is 0 Å². The Labute approximate surface area is 193 Å². The van der Waals surface area contributed by atoms with Crippen LogP contribution in [0.25, 0.3) is 10.9 Å². The number of benzene rings is 1. The normalized spacial score (nSPS) is 14.6. The molecule has 0 saturated heterocycles. The summed E-state index contributed by atoms with van der Waals surface area (Å²) in [7, 11) is 0. The molecule has 3 aromatic rings. The van der Waals surface area contributed by atoms with Gasteiger partial charge in [0, 0.05) is 34.2 Å². The highest BCUT2D eigenvalue weighted by atomic mass is 79.9. The molecular weight excluding hydrogens is 487 g/mol. The summed E-state index contributed by atoms with van der Waals surface area (Å²) in [5, 5.41) is 8.43. The van der Waals surface area contributed by atoms with Crippen molar-refractivity contribution in [2.45, 2.75) is 44.7 Å².